The van der Waals surface area contributed by atoms with Gasteiger partial charge in [-0.05, 0) is 37.0 Å². The van der Waals surface area contributed by atoms with E-state index in [1.807, 2.05) is 0 Å². The van der Waals surface area contributed by atoms with Crippen molar-refractivity contribution < 1.29 is 4.74 Å². The Bertz CT molecular complexity index is 364. The van der Waals surface area contributed by atoms with Crippen LogP contribution >= 0.6 is 0 Å². The molecule has 1 aliphatic rings. The summed E-state index contributed by atoms with van der Waals surface area (Å²) in [7, 11) is 0. The lowest BCUT2D eigenvalue weighted by Crippen LogP contribution is -2.36. The van der Waals surface area contributed by atoms with Crippen LogP contribution in [-0.2, 0) is 4.74 Å². The van der Waals surface area contributed by atoms with Crippen molar-refractivity contribution in [2.75, 3.05) is 32.8 Å². The molecule has 0 aromatic heterocycles. The van der Waals surface area contributed by atoms with Crippen molar-refractivity contribution in [3.63, 3.8) is 0 Å². The zero-order valence-corrected chi connectivity index (χ0v) is 11.5. The smallest absolute Gasteiger partial charge is 0.0593 e. The molecular weight excluding hydrogens is 224 g/mol. The first-order valence-electron chi connectivity index (χ1n) is 6.82. The third kappa shape index (κ3) is 2.91. The molecule has 0 saturated carbocycles. The zero-order valence-electron chi connectivity index (χ0n) is 11.5. The minimum atomic E-state index is 0.327. The van der Waals surface area contributed by atoms with Crippen LogP contribution < -0.4 is 5.73 Å². The number of aryl methyl sites for hydroxylation is 2. The lowest BCUT2D eigenvalue weighted by atomic mass is 9.95. The molecule has 1 unspecified atom stereocenters. The van der Waals surface area contributed by atoms with E-state index in [1.165, 1.54) is 16.7 Å². The average Bonchev–Trinajstić information content (AvgIpc) is 2.63. The predicted molar refractivity (Wildman–Crippen MR) is 74.7 cm³/mol. The van der Waals surface area contributed by atoms with Gasteiger partial charge in [0, 0.05) is 32.3 Å². The van der Waals surface area contributed by atoms with Gasteiger partial charge in [-0.1, -0.05) is 18.2 Å². The van der Waals surface area contributed by atoms with Crippen LogP contribution in [-0.4, -0.2) is 37.7 Å². The van der Waals surface area contributed by atoms with E-state index in [0.29, 0.717) is 12.6 Å². The molecule has 1 aromatic rings. The van der Waals surface area contributed by atoms with Crippen molar-refractivity contribution in [2.45, 2.75) is 26.3 Å². The van der Waals surface area contributed by atoms with Crippen molar-refractivity contribution >= 4 is 0 Å². The Kier molecular flexibility index (Phi) is 4.75. The third-order valence-corrected chi connectivity index (χ3v) is 3.80. The zero-order chi connectivity index (χ0) is 13.0. The molecule has 2 rings (SSSR count). The predicted octanol–water partition coefficient (Wildman–Crippen LogP) is 2.03. The highest BCUT2D eigenvalue weighted by atomic mass is 16.5. The van der Waals surface area contributed by atoms with Crippen LogP contribution in [0, 0.1) is 13.8 Å². The Morgan fingerprint density at radius 3 is 2.61 bits per heavy atom. The standard InChI is InChI=1S/C15H24N2O/c1-12-5-3-6-13(2)15(12)14(11-16)17-7-4-9-18-10-8-17/h3,5-6,14H,4,7-11,16H2,1-2H3. The molecule has 0 radical (unpaired) electrons. The Hall–Kier alpha value is -0.900. The molecule has 100 valence electrons. The summed E-state index contributed by atoms with van der Waals surface area (Å²) in [4.78, 5) is 2.47. The Morgan fingerprint density at radius 1 is 1.22 bits per heavy atom. The lowest BCUT2D eigenvalue weighted by Gasteiger charge is -2.31. The van der Waals surface area contributed by atoms with Crippen LogP contribution in [0.1, 0.15) is 29.2 Å². The molecule has 1 aromatic carbocycles. The molecule has 0 aliphatic carbocycles. The number of benzene rings is 1. The van der Waals surface area contributed by atoms with Gasteiger partial charge in [-0.3, -0.25) is 4.90 Å². The van der Waals surface area contributed by atoms with E-state index in [1.54, 1.807) is 0 Å². The van der Waals surface area contributed by atoms with E-state index in [9.17, 15) is 0 Å². The Morgan fingerprint density at radius 2 is 1.94 bits per heavy atom. The highest BCUT2D eigenvalue weighted by Gasteiger charge is 2.22. The van der Waals surface area contributed by atoms with Gasteiger partial charge in [0.2, 0.25) is 0 Å². The minimum Gasteiger partial charge on any atom is -0.380 e. The number of hydrogen-bond acceptors (Lipinski definition) is 3. The summed E-state index contributed by atoms with van der Waals surface area (Å²) in [6.07, 6.45) is 1.10. The van der Waals surface area contributed by atoms with Crippen molar-refractivity contribution in [1.82, 2.24) is 4.90 Å². The van der Waals surface area contributed by atoms with Gasteiger partial charge in [-0.15, -0.1) is 0 Å². The maximum Gasteiger partial charge on any atom is 0.0593 e. The fraction of sp³-hybridized carbons (Fsp3) is 0.600. The fourth-order valence-corrected chi connectivity index (χ4v) is 2.88. The van der Waals surface area contributed by atoms with Crippen LogP contribution in [0.5, 0.6) is 0 Å². The number of nitrogens with two attached hydrogens (primary N) is 1. The maximum atomic E-state index is 6.04. The third-order valence-electron chi connectivity index (χ3n) is 3.80. The van der Waals surface area contributed by atoms with Crippen LogP contribution in [0.25, 0.3) is 0 Å². The summed E-state index contributed by atoms with van der Waals surface area (Å²) < 4.78 is 5.53. The highest BCUT2D eigenvalue weighted by molar-refractivity contribution is 5.36. The van der Waals surface area contributed by atoms with E-state index >= 15 is 0 Å². The molecule has 1 heterocycles. The van der Waals surface area contributed by atoms with Crippen molar-refractivity contribution in [3.05, 3.63) is 34.9 Å². The van der Waals surface area contributed by atoms with Crippen LogP contribution in [0.15, 0.2) is 18.2 Å². The molecule has 3 nitrogen and oxygen atoms in total. The summed E-state index contributed by atoms with van der Waals surface area (Å²) in [5.41, 5.74) is 10.1. The molecule has 2 N–H and O–H groups in total. The van der Waals surface area contributed by atoms with Gasteiger partial charge >= 0.3 is 0 Å². The molecular formula is C15H24N2O. The van der Waals surface area contributed by atoms with Gasteiger partial charge in [-0.25, -0.2) is 0 Å². The average molecular weight is 248 g/mol. The molecule has 18 heavy (non-hydrogen) atoms. The van der Waals surface area contributed by atoms with Crippen LogP contribution in [0.2, 0.25) is 0 Å². The molecule has 1 saturated heterocycles. The van der Waals surface area contributed by atoms with E-state index in [0.717, 1.165) is 32.7 Å². The van der Waals surface area contributed by atoms with Gasteiger partial charge in [0.05, 0.1) is 6.61 Å². The SMILES string of the molecule is Cc1cccc(C)c1C(CN)N1CCCOCC1. The van der Waals surface area contributed by atoms with Crippen molar-refractivity contribution in [2.24, 2.45) is 5.73 Å². The first-order valence-corrected chi connectivity index (χ1v) is 6.82. The van der Waals surface area contributed by atoms with Crippen molar-refractivity contribution in [1.29, 1.82) is 0 Å². The molecule has 1 atom stereocenters. The largest absolute Gasteiger partial charge is 0.380 e. The molecule has 0 bridgehead atoms. The van der Waals surface area contributed by atoms with Gasteiger partial charge in [0.1, 0.15) is 0 Å². The topological polar surface area (TPSA) is 38.5 Å². The van der Waals surface area contributed by atoms with E-state index in [2.05, 4.69) is 36.9 Å². The summed E-state index contributed by atoms with van der Waals surface area (Å²) in [5, 5.41) is 0. The molecule has 1 fully saturated rings. The highest BCUT2D eigenvalue weighted by Crippen LogP contribution is 2.26. The molecule has 1 aliphatic heterocycles. The number of rotatable bonds is 3. The summed E-state index contributed by atoms with van der Waals surface area (Å²) in [5.74, 6) is 0. The first kappa shape index (κ1) is 13.5. The quantitative estimate of drug-likeness (QED) is 0.889. The Labute approximate surface area is 110 Å². The summed E-state index contributed by atoms with van der Waals surface area (Å²) in [6, 6.07) is 6.80. The summed E-state index contributed by atoms with van der Waals surface area (Å²) >= 11 is 0. The first-order chi connectivity index (χ1) is 8.74. The van der Waals surface area contributed by atoms with Crippen molar-refractivity contribution in [3.8, 4) is 0 Å². The normalized spacial score (nSPS) is 19.5. The minimum absolute atomic E-state index is 0.327. The van der Waals surface area contributed by atoms with E-state index in [-0.39, 0.29) is 0 Å². The van der Waals surface area contributed by atoms with E-state index in [4.69, 9.17) is 10.5 Å². The van der Waals surface area contributed by atoms with Gasteiger partial charge in [0.25, 0.3) is 0 Å². The fourth-order valence-electron chi connectivity index (χ4n) is 2.88. The number of hydrogen-bond donors (Lipinski definition) is 1. The Balaban J connectivity index is 2.26. The number of ether oxygens (including phenoxy) is 1. The monoisotopic (exact) mass is 248 g/mol. The second kappa shape index (κ2) is 6.32. The van der Waals surface area contributed by atoms with Crippen LogP contribution in [0.3, 0.4) is 0 Å². The lowest BCUT2D eigenvalue weighted by molar-refractivity contribution is 0.132. The number of nitrogens with zero attached hydrogens (tertiary/aromatic N) is 1. The van der Waals surface area contributed by atoms with E-state index < -0.39 is 0 Å². The maximum absolute atomic E-state index is 6.04. The van der Waals surface area contributed by atoms with Gasteiger partial charge < -0.3 is 10.5 Å². The van der Waals surface area contributed by atoms with Gasteiger partial charge in [0.15, 0.2) is 0 Å². The molecule has 0 spiro atoms. The van der Waals surface area contributed by atoms with Gasteiger partial charge in [-0.2, -0.15) is 0 Å². The summed E-state index contributed by atoms with van der Waals surface area (Å²) in [6.45, 7) is 8.79. The second-order valence-electron chi connectivity index (χ2n) is 5.06. The van der Waals surface area contributed by atoms with Crippen LogP contribution in [0.4, 0.5) is 0 Å². The molecule has 0 amide bonds. The molecule has 3 heteroatoms. The second-order valence-corrected chi connectivity index (χ2v) is 5.06.